The molecule has 0 aromatic heterocycles. The molecule has 1 saturated heterocycles. The average molecular weight is 331 g/mol. The molecule has 1 saturated carbocycles. The third-order valence-corrected chi connectivity index (χ3v) is 4.63. The van der Waals surface area contributed by atoms with Crippen molar-refractivity contribution in [3.05, 3.63) is 35.4 Å². The fourth-order valence-electron chi connectivity index (χ4n) is 3.11. The molecule has 1 unspecified atom stereocenters. The van der Waals surface area contributed by atoms with Crippen LogP contribution in [0.1, 0.15) is 30.9 Å². The first-order valence-electron chi connectivity index (χ1n) is 9.08. The second-order valence-electron chi connectivity index (χ2n) is 7.09. The Morgan fingerprint density at radius 2 is 2.17 bits per heavy atom. The molecule has 24 heavy (non-hydrogen) atoms. The number of benzene rings is 1. The van der Waals surface area contributed by atoms with E-state index in [9.17, 15) is 4.79 Å². The van der Waals surface area contributed by atoms with Gasteiger partial charge in [-0.2, -0.15) is 0 Å². The molecule has 0 bridgehead atoms. The van der Waals surface area contributed by atoms with Crippen molar-refractivity contribution in [2.45, 2.75) is 39.0 Å². The van der Waals surface area contributed by atoms with Gasteiger partial charge in [0, 0.05) is 26.2 Å². The Balaban J connectivity index is 1.41. The molecule has 1 aromatic carbocycles. The Morgan fingerprint density at radius 3 is 2.96 bits per heavy atom. The Hall–Kier alpha value is -1.43. The number of amides is 1. The molecule has 1 amide bonds. The standard InChI is InChI=1S/C19H29N3O2/c1-15-13-22(7-8-24-15)14-18-4-2-3-17(9-18)11-21-19(23)12-20-10-16-5-6-16/h2-4,9,15-16,20H,5-8,10-14H2,1H3,(H,21,23). The van der Waals surface area contributed by atoms with Crippen molar-refractivity contribution in [1.29, 1.82) is 0 Å². The van der Waals surface area contributed by atoms with Crippen molar-refractivity contribution in [2.24, 2.45) is 5.92 Å². The van der Waals surface area contributed by atoms with Crippen LogP contribution in [0.3, 0.4) is 0 Å². The van der Waals surface area contributed by atoms with Crippen LogP contribution in [0, 0.1) is 5.92 Å². The van der Waals surface area contributed by atoms with Crippen LogP contribution in [-0.2, 0) is 22.6 Å². The summed E-state index contributed by atoms with van der Waals surface area (Å²) in [6, 6.07) is 8.50. The Kier molecular flexibility index (Phi) is 6.24. The molecular formula is C19H29N3O2. The molecule has 1 aliphatic carbocycles. The number of carbonyl (C=O) groups is 1. The molecule has 1 aromatic rings. The molecule has 3 rings (SSSR count). The molecule has 5 nitrogen and oxygen atoms in total. The van der Waals surface area contributed by atoms with E-state index in [0.29, 0.717) is 19.2 Å². The third-order valence-electron chi connectivity index (χ3n) is 4.63. The van der Waals surface area contributed by atoms with Crippen LogP contribution in [0.15, 0.2) is 24.3 Å². The van der Waals surface area contributed by atoms with Crippen LogP contribution < -0.4 is 10.6 Å². The van der Waals surface area contributed by atoms with Gasteiger partial charge in [-0.3, -0.25) is 9.69 Å². The molecule has 2 N–H and O–H groups in total. The van der Waals surface area contributed by atoms with Crippen LogP contribution in [-0.4, -0.2) is 49.7 Å². The molecule has 1 aliphatic heterocycles. The van der Waals surface area contributed by atoms with Gasteiger partial charge in [-0.05, 0) is 43.4 Å². The normalized spacial score (nSPS) is 21.6. The number of hydrogen-bond acceptors (Lipinski definition) is 4. The van der Waals surface area contributed by atoms with E-state index in [1.165, 1.54) is 18.4 Å². The minimum absolute atomic E-state index is 0.0723. The van der Waals surface area contributed by atoms with Crippen LogP contribution in [0.2, 0.25) is 0 Å². The van der Waals surface area contributed by atoms with Gasteiger partial charge in [-0.1, -0.05) is 24.3 Å². The maximum absolute atomic E-state index is 11.9. The summed E-state index contributed by atoms with van der Waals surface area (Å²) in [5, 5.41) is 6.22. The Labute approximate surface area is 144 Å². The molecule has 2 fully saturated rings. The van der Waals surface area contributed by atoms with E-state index < -0.39 is 0 Å². The molecule has 5 heteroatoms. The van der Waals surface area contributed by atoms with Crippen LogP contribution in [0.5, 0.6) is 0 Å². The van der Waals surface area contributed by atoms with E-state index in [0.717, 1.165) is 44.3 Å². The number of carbonyl (C=O) groups excluding carboxylic acids is 1. The summed E-state index contributed by atoms with van der Waals surface area (Å²) in [5.74, 6) is 0.875. The second-order valence-corrected chi connectivity index (χ2v) is 7.09. The maximum Gasteiger partial charge on any atom is 0.234 e. The molecule has 0 radical (unpaired) electrons. The van der Waals surface area contributed by atoms with Gasteiger partial charge in [-0.15, -0.1) is 0 Å². The van der Waals surface area contributed by atoms with Gasteiger partial charge in [-0.25, -0.2) is 0 Å². The SMILES string of the molecule is CC1CN(Cc2cccc(CNC(=O)CNCC3CC3)c2)CCO1. The monoisotopic (exact) mass is 331 g/mol. The van der Waals surface area contributed by atoms with E-state index in [1.807, 2.05) is 0 Å². The highest BCUT2D eigenvalue weighted by Crippen LogP contribution is 2.27. The summed E-state index contributed by atoms with van der Waals surface area (Å²) in [4.78, 5) is 14.3. The third kappa shape index (κ3) is 5.89. The first kappa shape index (κ1) is 17.4. The van der Waals surface area contributed by atoms with Crippen molar-refractivity contribution in [1.82, 2.24) is 15.5 Å². The van der Waals surface area contributed by atoms with Gasteiger partial charge < -0.3 is 15.4 Å². The maximum atomic E-state index is 11.9. The fraction of sp³-hybridized carbons (Fsp3) is 0.632. The summed E-state index contributed by atoms with van der Waals surface area (Å²) in [6.07, 6.45) is 2.93. The minimum atomic E-state index is 0.0723. The van der Waals surface area contributed by atoms with Crippen molar-refractivity contribution in [3.63, 3.8) is 0 Å². The summed E-state index contributed by atoms with van der Waals surface area (Å²) in [6.45, 7) is 7.82. The number of nitrogens with one attached hydrogen (secondary N) is 2. The van der Waals surface area contributed by atoms with Gasteiger partial charge in [0.15, 0.2) is 0 Å². The highest BCUT2D eigenvalue weighted by atomic mass is 16.5. The lowest BCUT2D eigenvalue weighted by molar-refractivity contribution is -0.120. The molecular weight excluding hydrogens is 302 g/mol. The van der Waals surface area contributed by atoms with Crippen molar-refractivity contribution in [2.75, 3.05) is 32.8 Å². The lowest BCUT2D eigenvalue weighted by Gasteiger charge is -2.31. The van der Waals surface area contributed by atoms with E-state index in [1.54, 1.807) is 0 Å². The lowest BCUT2D eigenvalue weighted by Crippen LogP contribution is -2.40. The fourth-order valence-corrected chi connectivity index (χ4v) is 3.11. The van der Waals surface area contributed by atoms with E-state index in [-0.39, 0.29) is 5.91 Å². The van der Waals surface area contributed by atoms with Crippen LogP contribution >= 0.6 is 0 Å². The zero-order chi connectivity index (χ0) is 16.8. The number of morpholine rings is 1. The topological polar surface area (TPSA) is 53.6 Å². The first-order valence-corrected chi connectivity index (χ1v) is 9.08. The highest BCUT2D eigenvalue weighted by molar-refractivity contribution is 5.77. The lowest BCUT2D eigenvalue weighted by atomic mass is 10.1. The first-order chi connectivity index (χ1) is 11.7. The predicted molar refractivity (Wildman–Crippen MR) is 94.6 cm³/mol. The molecule has 1 atom stereocenters. The predicted octanol–water partition coefficient (Wildman–Crippen LogP) is 1.52. The van der Waals surface area contributed by atoms with Gasteiger partial charge in [0.05, 0.1) is 19.3 Å². The van der Waals surface area contributed by atoms with Gasteiger partial charge in [0.25, 0.3) is 0 Å². The number of ether oxygens (including phenoxy) is 1. The van der Waals surface area contributed by atoms with Crippen molar-refractivity contribution < 1.29 is 9.53 Å². The Morgan fingerprint density at radius 1 is 1.33 bits per heavy atom. The zero-order valence-corrected chi connectivity index (χ0v) is 14.6. The van der Waals surface area contributed by atoms with Gasteiger partial charge in [0.1, 0.15) is 0 Å². The van der Waals surface area contributed by atoms with E-state index in [2.05, 4.69) is 46.7 Å². The van der Waals surface area contributed by atoms with Crippen molar-refractivity contribution in [3.8, 4) is 0 Å². The number of nitrogens with zero attached hydrogens (tertiary/aromatic N) is 1. The second kappa shape index (κ2) is 8.60. The number of hydrogen-bond donors (Lipinski definition) is 2. The van der Waals surface area contributed by atoms with Crippen LogP contribution in [0.4, 0.5) is 0 Å². The van der Waals surface area contributed by atoms with E-state index in [4.69, 9.17) is 4.74 Å². The van der Waals surface area contributed by atoms with Gasteiger partial charge >= 0.3 is 0 Å². The zero-order valence-electron chi connectivity index (χ0n) is 14.6. The summed E-state index contributed by atoms with van der Waals surface area (Å²) in [5.41, 5.74) is 2.45. The Bertz CT molecular complexity index is 545. The average Bonchev–Trinajstić information content (AvgIpc) is 3.38. The smallest absolute Gasteiger partial charge is 0.234 e. The summed E-state index contributed by atoms with van der Waals surface area (Å²) >= 11 is 0. The summed E-state index contributed by atoms with van der Waals surface area (Å²) in [7, 11) is 0. The van der Waals surface area contributed by atoms with E-state index >= 15 is 0 Å². The quantitative estimate of drug-likeness (QED) is 0.758. The molecule has 132 valence electrons. The summed E-state index contributed by atoms with van der Waals surface area (Å²) < 4.78 is 5.59. The molecule has 2 aliphatic rings. The van der Waals surface area contributed by atoms with Crippen molar-refractivity contribution >= 4 is 5.91 Å². The largest absolute Gasteiger partial charge is 0.376 e. The minimum Gasteiger partial charge on any atom is -0.376 e. The van der Waals surface area contributed by atoms with Gasteiger partial charge in [0.2, 0.25) is 5.91 Å². The molecule has 0 spiro atoms. The number of rotatable bonds is 8. The highest BCUT2D eigenvalue weighted by Gasteiger charge is 2.20. The van der Waals surface area contributed by atoms with Crippen LogP contribution in [0.25, 0.3) is 0 Å². The molecule has 1 heterocycles.